The third-order valence-electron chi connectivity index (χ3n) is 1.56. The Hall–Kier alpha value is -1.26. The number of hydrogen-bond donors (Lipinski definition) is 0. The normalized spacial score (nSPS) is 22.5. The Labute approximate surface area is 78.4 Å². The van der Waals surface area contributed by atoms with E-state index in [4.69, 9.17) is 0 Å². The molecule has 1 unspecified atom stereocenters. The van der Waals surface area contributed by atoms with Crippen molar-refractivity contribution in [3.8, 4) is 0 Å². The van der Waals surface area contributed by atoms with Gasteiger partial charge >= 0.3 is 6.36 Å². The maximum Gasteiger partial charge on any atom is 0.573 e. The van der Waals surface area contributed by atoms with E-state index in [-0.39, 0.29) is 5.92 Å². The Kier molecular flexibility index (Phi) is 2.98. The Morgan fingerprint density at radius 3 is 2.36 bits per heavy atom. The van der Waals surface area contributed by atoms with Gasteiger partial charge in [-0.05, 0) is 18.1 Å². The molecule has 0 N–H and O–H groups in total. The molecule has 1 atom stereocenters. The molecule has 1 aliphatic carbocycles. The van der Waals surface area contributed by atoms with E-state index in [0.717, 1.165) is 12.2 Å². The third kappa shape index (κ3) is 3.24. The lowest BCUT2D eigenvalue weighted by molar-refractivity contribution is -0.304. The van der Waals surface area contributed by atoms with Crippen LogP contribution in [0.4, 0.5) is 17.6 Å². The van der Waals surface area contributed by atoms with Crippen LogP contribution in [0.1, 0.15) is 6.92 Å². The Morgan fingerprint density at radius 1 is 1.21 bits per heavy atom. The molecular weight excluding hydrogens is 200 g/mol. The summed E-state index contributed by atoms with van der Waals surface area (Å²) in [6.07, 6.45) is -0.0552. The molecule has 0 fully saturated rings. The van der Waals surface area contributed by atoms with Crippen LogP contribution in [-0.4, -0.2) is 6.36 Å². The summed E-state index contributed by atoms with van der Waals surface area (Å²) in [4.78, 5) is 0. The van der Waals surface area contributed by atoms with Gasteiger partial charge < -0.3 is 4.74 Å². The second-order valence-electron chi connectivity index (χ2n) is 2.84. The first-order chi connectivity index (χ1) is 6.38. The predicted molar refractivity (Wildman–Crippen MR) is 42.7 cm³/mol. The SMILES string of the molecule is CC1C=CC(F)=C(OC(F)(F)F)C=C1. The van der Waals surface area contributed by atoms with Crippen molar-refractivity contribution in [2.75, 3.05) is 0 Å². The lowest BCUT2D eigenvalue weighted by atomic mass is 10.2. The van der Waals surface area contributed by atoms with Crippen molar-refractivity contribution in [1.82, 2.24) is 0 Å². The van der Waals surface area contributed by atoms with Crippen LogP contribution in [0.25, 0.3) is 0 Å². The smallest absolute Gasteiger partial charge is 0.403 e. The van der Waals surface area contributed by atoms with Crippen LogP contribution in [0.5, 0.6) is 0 Å². The largest absolute Gasteiger partial charge is 0.573 e. The van der Waals surface area contributed by atoms with Crippen LogP contribution >= 0.6 is 0 Å². The van der Waals surface area contributed by atoms with Gasteiger partial charge in [-0.2, -0.15) is 0 Å². The minimum absolute atomic E-state index is 0.116. The fraction of sp³-hybridized carbons (Fsp3) is 0.333. The molecule has 1 nitrogen and oxygen atoms in total. The summed E-state index contributed by atoms with van der Waals surface area (Å²) in [7, 11) is 0. The molecule has 0 radical (unpaired) electrons. The molecule has 0 bridgehead atoms. The van der Waals surface area contributed by atoms with Crippen LogP contribution in [0.2, 0.25) is 0 Å². The number of allylic oxidation sites excluding steroid dienone is 5. The molecule has 0 aromatic carbocycles. The third-order valence-corrected chi connectivity index (χ3v) is 1.56. The molecule has 14 heavy (non-hydrogen) atoms. The van der Waals surface area contributed by atoms with Gasteiger partial charge in [-0.15, -0.1) is 13.2 Å². The van der Waals surface area contributed by atoms with Crippen molar-refractivity contribution >= 4 is 0 Å². The fourth-order valence-corrected chi connectivity index (χ4v) is 0.909. The average molecular weight is 208 g/mol. The zero-order valence-corrected chi connectivity index (χ0v) is 7.31. The van der Waals surface area contributed by atoms with E-state index in [1.165, 1.54) is 12.2 Å². The number of rotatable bonds is 1. The predicted octanol–water partition coefficient (Wildman–Crippen LogP) is 3.47. The Bertz CT molecular complexity index is 298. The standard InChI is InChI=1S/C9H8F4O/c1-6-2-4-7(10)8(5-3-6)14-9(11,12)13/h2-6H,1H3. The summed E-state index contributed by atoms with van der Waals surface area (Å²) in [6.45, 7) is 1.72. The van der Waals surface area contributed by atoms with Gasteiger partial charge in [-0.25, -0.2) is 4.39 Å². The minimum Gasteiger partial charge on any atom is -0.403 e. The average Bonchev–Trinajstić information content (AvgIpc) is 2.17. The van der Waals surface area contributed by atoms with Gasteiger partial charge in [-0.1, -0.05) is 19.1 Å². The van der Waals surface area contributed by atoms with E-state index >= 15 is 0 Å². The summed E-state index contributed by atoms with van der Waals surface area (Å²) in [5.41, 5.74) is 0. The van der Waals surface area contributed by atoms with E-state index in [9.17, 15) is 17.6 Å². The molecular formula is C9H8F4O. The van der Waals surface area contributed by atoms with Crippen LogP contribution in [0.3, 0.4) is 0 Å². The van der Waals surface area contributed by atoms with E-state index in [1.807, 2.05) is 0 Å². The maximum atomic E-state index is 12.9. The number of ether oxygens (including phenoxy) is 1. The quantitative estimate of drug-likeness (QED) is 0.599. The van der Waals surface area contributed by atoms with Gasteiger partial charge in [0.15, 0.2) is 11.6 Å². The molecule has 0 saturated carbocycles. The highest BCUT2D eigenvalue weighted by molar-refractivity contribution is 5.29. The molecule has 0 heterocycles. The Morgan fingerprint density at radius 2 is 1.79 bits per heavy atom. The van der Waals surface area contributed by atoms with Crippen LogP contribution in [0.15, 0.2) is 35.9 Å². The molecule has 5 heteroatoms. The number of halogens is 4. The van der Waals surface area contributed by atoms with Crippen molar-refractivity contribution in [2.24, 2.45) is 5.92 Å². The molecule has 0 spiro atoms. The number of hydrogen-bond acceptors (Lipinski definition) is 1. The lowest BCUT2D eigenvalue weighted by Crippen LogP contribution is -2.12. The van der Waals surface area contributed by atoms with Gasteiger partial charge in [0.25, 0.3) is 0 Å². The van der Waals surface area contributed by atoms with E-state index in [0.29, 0.717) is 0 Å². The van der Waals surface area contributed by atoms with E-state index < -0.39 is 17.9 Å². The molecule has 0 amide bonds. The topological polar surface area (TPSA) is 9.23 Å². The van der Waals surface area contributed by atoms with Crippen LogP contribution in [-0.2, 0) is 4.74 Å². The summed E-state index contributed by atoms with van der Waals surface area (Å²) in [6, 6.07) is 0. The first-order valence-corrected chi connectivity index (χ1v) is 3.90. The molecule has 78 valence electrons. The zero-order chi connectivity index (χ0) is 10.8. The van der Waals surface area contributed by atoms with Crippen molar-refractivity contribution < 1.29 is 22.3 Å². The van der Waals surface area contributed by atoms with Crippen molar-refractivity contribution in [2.45, 2.75) is 13.3 Å². The number of alkyl halides is 3. The molecule has 1 rings (SSSR count). The molecule has 0 aromatic rings. The zero-order valence-electron chi connectivity index (χ0n) is 7.31. The van der Waals surface area contributed by atoms with Gasteiger partial charge in [0, 0.05) is 0 Å². The summed E-state index contributed by atoms with van der Waals surface area (Å²) in [5.74, 6) is -1.95. The second kappa shape index (κ2) is 3.86. The highest BCUT2D eigenvalue weighted by atomic mass is 19.4. The maximum absolute atomic E-state index is 12.9. The fourth-order valence-electron chi connectivity index (χ4n) is 0.909. The second-order valence-corrected chi connectivity index (χ2v) is 2.84. The minimum atomic E-state index is -4.86. The Balaban J connectivity index is 2.86. The lowest BCUT2D eigenvalue weighted by Gasteiger charge is -2.09. The van der Waals surface area contributed by atoms with Gasteiger partial charge in [0.2, 0.25) is 0 Å². The summed E-state index contributed by atoms with van der Waals surface area (Å²) < 4.78 is 51.7. The monoisotopic (exact) mass is 208 g/mol. The van der Waals surface area contributed by atoms with Crippen molar-refractivity contribution in [3.05, 3.63) is 35.9 Å². The summed E-state index contributed by atoms with van der Waals surface area (Å²) in [5, 5.41) is 0. The highest BCUT2D eigenvalue weighted by Gasteiger charge is 2.32. The molecule has 0 aromatic heterocycles. The van der Waals surface area contributed by atoms with Gasteiger partial charge in [0.05, 0.1) is 0 Å². The first-order valence-electron chi connectivity index (χ1n) is 3.90. The van der Waals surface area contributed by atoms with Crippen molar-refractivity contribution in [3.63, 3.8) is 0 Å². The van der Waals surface area contributed by atoms with E-state index in [2.05, 4.69) is 4.74 Å². The van der Waals surface area contributed by atoms with Crippen LogP contribution < -0.4 is 0 Å². The van der Waals surface area contributed by atoms with E-state index in [1.54, 1.807) is 6.92 Å². The molecule has 0 saturated heterocycles. The molecule has 0 aliphatic heterocycles. The first kappa shape index (κ1) is 10.8. The van der Waals surface area contributed by atoms with Crippen LogP contribution in [0, 0.1) is 5.92 Å². The molecule has 1 aliphatic rings. The van der Waals surface area contributed by atoms with Gasteiger partial charge in [0.1, 0.15) is 0 Å². The van der Waals surface area contributed by atoms with Crippen molar-refractivity contribution in [1.29, 1.82) is 0 Å². The van der Waals surface area contributed by atoms with Gasteiger partial charge in [-0.3, -0.25) is 0 Å². The summed E-state index contributed by atoms with van der Waals surface area (Å²) >= 11 is 0. The highest BCUT2D eigenvalue weighted by Crippen LogP contribution is 2.26.